The summed E-state index contributed by atoms with van der Waals surface area (Å²) in [7, 11) is 0. The van der Waals surface area contributed by atoms with E-state index in [1.807, 2.05) is 6.07 Å². The number of rotatable bonds is 4. The standard InChI is InChI=1S/C19H21N5O/c20-11-14-7-5-6-10-17(14)24-19-21-12-15(13-22-19)18(25)23-16-8-3-1-2-4-9-16/h5-7,10,12-13,16H,1-4,8-9H2,(H,23,25)(H,21,22,24). The molecule has 0 radical (unpaired) electrons. The molecular formula is C19H21N5O. The van der Waals surface area contributed by atoms with Crippen molar-refractivity contribution in [3.05, 3.63) is 47.8 Å². The fourth-order valence-electron chi connectivity index (χ4n) is 3.01. The molecule has 0 saturated heterocycles. The van der Waals surface area contributed by atoms with Crippen molar-refractivity contribution in [2.45, 2.75) is 44.6 Å². The van der Waals surface area contributed by atoms with Crippen molar-refractivity contribution in [3.63, 3.8) is 0 Å². The van der Waals surface area contributed by atoms with Gasteiger partial charge in [-0.25, -0.2) is 9.97 Å². The molecule has 1 heterocycles. The van der Waals surface area contributed by atoms with Crippen LogP contribution in [0.25, 0.3) is 0 Å². The van der Waals surface area contributed by atoms with E-state index >= 15 is 0 Å². The molecule has 1 fully saturated rings. The third kappa shape index (κ3) is 4.54. The molecule has 0 bridgehead atoms. The topological polar surface area (TPSA) is 90.7 Å². The first-order valence-corrected chi connectivity index (χ1v) is 8.65. The van der Waals surface area contributed by atoms with E-state index < -0.39 is 0 Å². The molecule has 2 N–H and O–H groups in total. The van der Waals surface area contributed by atoms with Crippen LogP contribution in [0.2, 0.25) is 0 Å². The van der Waals surface area contributed by atoms with E-state index in [1.54, 1.807) is 18.2 Å². The van der Waals surface area contributed by atoms with Crippen molar-refractivity contribution >= 4 is 17.5 Å². The molecule has 1 aromatic carbocycles. The van der Waals surface area contributed by atoms with Crippen LogP contribution in [0.4, 0.5) is 11.6 Å². The summed E-state index contributed by atoms with van der Waals surface area (Å²) in [5.41, 5.74) is 1.60. The number of carbonyl (C=O) groups is 1. The van der Waals surface area contributed by atoms with Gasteiger partial charge in [-0.1, -0.05) is 37.8 Å². The third-order valence-corrected chi connectivity index (χ3v) is 4.40. The molecule has 0 spiro atoms. The number of carbonyl (C=O) groups excluding carboxylic acids is 1. The van der Waals surface area contributed by atoms with E-state index in [0.717, 1.165) is 12.8 Å². The molecular weight excluding hydrogens is 314 g/mol. The fourth-order valence-corrected chi connectivity index (χ4v) is 3.01. The number of nitrogens with one attached hydrogen (secondary N) is 2. The zero-order valence-electron chi connectivity index (χ0n) is 14.0. The molecule has 1 aliphatic rings. The number of hydrogen-bond acceptors (Lipinski definition) is 5. The number of aromatic nitrogens is 2. The highest BCUT2D eigenvalue weighted by Crippen LogP contribution is 2.19. The van der Waals surface area contributed by atoms with E-state index in [9.17, 15) is 4.79 Å². The Balaban J connectivity index is 1.63. The van der Waals surface area contributed by atoms with Crippen molar-refractivity contribution in [2.75, 3.05) is 5.32 Å². The molecule has 128 valence electrons. The van der Waals surface area contributed by atoms with Crippen LogP contribution in [0.15, 0.2) is 36.7 Å². The van der Waals surface area contributed by atoms with Gasteiger partial charge in [0.1, 0.15) is 6.07 Å². The van der Waals surface area contributed by atoms with Crippen LogP contribution in [-0.4, -0.2) is 21.9 Å². The fraction of sp³-hybridized carbons (Fsp3) is 0.368. The van der Waals surface area contributed by atoms with Crippen LogP contribution in [0.3, 0.4) is 0 Å². The van der Waals surface area contributed by atoms with Crippen LogP contribution in [-0.2, 0) is 0 Å². The molecule has 1 saturated carbocycles. The normalized spacial score (nSPS) is 15.0. The Morgan fingerprint density at radius 2 is 1.76 bits per heavy atom. The zero-order chi connectivity index (χ0) is 17.5. The lowest BCUT2D eigenvalue weighted by atomic mass is 10.1. The second-order valence-electron chi connectivity index (χ2n) is 6.24. The lowest BCUT2D eigenvalue weighted by Gasteiger charge is -2.16. The minimum Gasteiger partial charge on any atom is -0.349 e. The van der Waals surface area contributed by atoms with Gasteiger partial charge in [0, 0.05) is 18.4 Å². The van der Waals surface area contributed by atoms with Crippen LogP contribution in [0.1, 0.15) is 54.4 Å². The molecule has 2 aromatic rings. The number of amides is 1. The van der Waals surface area contributed by atoms with E-state index in [0.29, 0.717) is 22.8 Å². The Morgan fingerprint density at radius 3 is 2.44 bits per heavy atom. The Kier molecular flexibility index (Phi) is 5.57. The molecule has 0 aliphatic heterocycles. The van der Waals surface area contributed by atoms with Gasteiger partial charge in [0.2, 0.25) is 5.95 Å². The van der Waals surface area contributed by atoms with Gasteiger partial charge in [-0.3, -0.25) is 4.79 Å². The summed E-state index contributed by atoms with van der Waals surface area (Å²) in [5.74, 6) is 0.226. The zero-order valence-corrected chi connectivity index (χ0v) is 14.0. The minimum atomic E-state index is -0.129. The Bertz CT molecular complexity index is 758. The predicted molar refractivity (Wildman–Crippen MR) is 95.4 cm³/mol. The highest BCUT2D eigenvalue weighted by Gasteiger charge is 2.16. The first kappa shape index (κ1) is 16.9. The Morgan fingerprint density at radius 1 is 1.08 bits per heavy atom. The lowest BCUT2D eigenvalue weighted by molar-refractivity contribution is 0.0932. The van der Waals surface area contributed by atoms with Crippen molar-refractivity contribution in [1.82, 2.24) is 15.3 Å². The summed E-state index contributed by atoms with van der Waals surface area (Å²) >= 11 is 0. The number of hydrogen-bond donors (Lipinski definition) is 2. The van der Waals surface area contributed by atoms with Gasteiger partial charge in [0.25, 0.3) is 5.91 Å². The van der Waals surface area contributed by atoms with Crippen molar-refractivity contribution in [3.8, 4) is 6.07 Å². The molecule has 0 atom stereocenters. The molecule has 6 nitrogen and oxygen atoms in total. The predicted octanol–water partition coefficient (Wildman–Crippen LogP) is 3.54. The number of nitriles is 1. The largest absolute Gasteiger partial charge is 0.349 e. The van der Waals surface area contributed by atoms with Gasteiger partial charge in [0.05, 0.1) is 16.8 Å². The molecule has 25 heavy (non-hydrogen) atoms. The van der Waals surface area contributed by atoms with Crippen molar-refractivity contribution in [2.24, 2.45) is 0 Å². The van der Waals surface area contributed by atoms with E-state index in [4.69, 9.17) is 5.26 Å². The Hall–Kier alpha value is -2.94. The molecule has 1 amide bonds. The number of anilines is 2. The van der Waals surface area contributed by atoms with Crippen molar-refractivity contribution in [1.29, 1.82) is 5.26 Å². The van der Waals surface area contributed by atoms with Crippen LogP contribution in [0.5, 0.6) is 0 Å². The molecule has 0 unspecified atom stereocenters. The Labute approximate surface area is 147 Å². The molecule has 3 rings (SSSR count). The second kappa shape index (κ2) is 8.25. The maximum Gasteiger partial charge on any atom is 0.254 e. The van der Waals surface area contributed by atoms with Gasteiger partial charge in [0.15, 0.2) is 0 Å². The first-order chi connectivity index (χ1) is 12.3. The van der Waals surface area contributed by atoms with Gasteiger partial charge in [-0.15, -0.1) is 0 Å². The summed E-state index contributed by atoms with van der Waals surface area (Å²) in [6, 6.07) is 9.49. The van der Waals surface area contributed by atoms with E-state index in [1.165, 1.54) is 38.1 Å². The second-order valence-corrected chi connectivity index (χ2v) is 6.24. The monoisotopic (exact) mass is 335 g/mol. The quantitative estimate of drug-likeness (QED) is 0.834. The molecule has 1 aromatic heterocycles. The summed E-state index contributed by atoms with van der Waals surface area (Å²) in [6.45, 7) is 0. The number of benzene rings is 1. The number of nitrogens with zero attached hydrogens (tertiary/aromatic N) is 3. The van der Waals surface area contributed by atoms with Crippen LogP contribution < -0.4 is 10.6 Å². The average molecular weight is 335 g/mol. The summed E-state index contributed by atoms with van der Waals surface area (Å²) in [6.07, 6.45) is 9.94. The minimum absolute atomic E-state index is 0.129. The SMILES string of the molecule is N#Cc1ccccc1Nc1ncc(C(=O)NC2CCCCCC2)cn1. The van der Waals surface area contributed by atoms with Gasteiger partial charge in [-0.05, 0) is 25.0 Å². The van der Waals surface area contributed by atoms with Gasteiger partial charge < -0.3 is 10.6 Å². The summed E-state index contributed by atoms with van der Waals surface area (Å²) < 4.78 is 0. The van der Waals surface area contributed by atoms with Crippen LogP contribution >= 0.6 is 0 Å². The van der Waals surface area contributed by atoms with Crippen LogP contribution in [0, 0.1) is 11.3 Å². The summed E-state index contributed by atoms with van der Waals surface area (Å²) in [5, 5.41) is 15.2. The third-order valence-electron chi connectivity index (χ3n) is 4.40. The summed E-state index contributed by atoms with van der Waals surface area (Å²) in [4.78, 5) is 20.7. The van der Waals surface area contributed by atoms with Gasteiger partial charge in [-0.2, -0.15) is 5.26 Å². The first-order valence-electron chi connectivity index (χ1n) is 8.65. The highest BCUT2D eigenvalue weighted by molar-refractivity contribution is 5.93. The highest BCUT2D eigenvalue weighted by atomic mass is 16.1. The van der Waals surface area contributed by atoms with E-state index in [-0.39, 0.29) is 11.9 Å². The van der Waals surface area contributed by atoms with Gasteiger partial charge >= 0.3 is 0 Å². The maximum atomic E-state index is 12.3. The number of para-hydroxylation sites is 1. The maximum absolute atomic E-state index is 12.3. The lowest BCUT2D eigenvalue weighted by Crippen LogP contribution is -2.34. The molecule has 6 heteroatoms. The van der Waals surface area contributed by atoms with E-state index in [2.05, 4.69) is 26.7 Å². The average Bonchev–Trinajstić information content (AvgIpc) is 2.91. The smallest absolute Gasteiger partial charge is 0.254 e. The van der Waals surface area contributed by atoms with Crippen molar-refractivity contribution < 1.29 is 4.79 Å². The molecule has 1 aliphatic carbocycles.